The Morgan fingerprint density at radius 2 is 2.12 bits per heavy atom. The molecular formula is C12H25NOS2. The summed E-state index contributed by atoms with van der Waals surface area (Å²) in [6.07, 6.45) is 2.41. The molecule has 0 aromatic heterocycles. The van der Waals surface area contributed by atoms with Crippen LogP contribution in [0.2, 0.25) is 0 Å². The molecule has 1 saturated heterocycles. The van der Waals surface area contributed by atoms with E-state index < -0.39 is 0 Å². The Morgan fingerprint density at radius 3 is 2.75 bits per heavy atom. The number of thioether (sulfide) groups is 2. The van der Waals surface area contributed by atoms with Crippen molar-refractivity contribution in [3.63, 3.8) is 0 Å². The molecule has 1 heterocycles. The third kappa shape index (κ3) is 4.86. The summed E-state index contributed by atoms with van der Waals surface area (Å²) in [6, 6.07) is 0.660. The number of rotatable bonds is 7. The van der Waals surface area contributed by atoms with Gasteiger partial charge in [0.25, 0.3) is 0 Å². The van der Waals surface area contributed by atoms with E-state index in [2.05, 4.69) is 42.7 Å². The van der Waals surface area contributed by atoms with Gasteiger partial charge in [0.2, 0.25) is 0 Å². The fourth-order valence-corrected chi connectivity index (χ4v) is 5.18. The lowest BCUT2D eigenvalue weighted by atomic mass is 10.1. The van der Waals surface area contributed by atoms with E-state index in [9.17, 15) is 0 Å². The molecule has 0 bridgehead atoms. The molecule has 96 valence electrons. The quantitative estimate of drug-likeness (QED) is 0.713. The van der Waals surface area contributed by atoms with Crippen LogP contribution in [0.3, 0.4) is 0 Å². The Hall–Kier alpha value is 0.620. The van der Waals surface area contributed by atoms with Gasteiger partial charge in [-0.2, -0.15) is 23.5 Å². The highest BCUT2D eigenvalue weighted by Gasteiger charge is 2.29. The topological polar surface area (TPSA) is 21.3 Å². The molecule has 0 aliphatic carbocycles. The predicted octanol–water partition coefficient (Wildman–Crippen LogP) is 2.63. The maximum Gasteiger partial charge on any atom is 0.0462 e. The lowest BCUT2D eigenvalue weighted by Crippen LogP contribution is -2.44. The Kier molecular flexibility index (Phi) is 7.96. The maximum atomic E-state index is 5.14. The fourth-order valence-electron chi connectivity index (χ4n) is 2.18. The SMILES string of the molecule is CCNC(CCCOC)C1SCCSC1C. The van der Waals surface area contributed by atoms with Crippen LogP contribution < -0.4 is 5.32 Å². The third-order valence-corrected chi connectivity index (χ3v) is 6.21. The molecule has 0 amide bonds. The van der Waals surface area contributed by atoms with E-state index in [1.807, 2.05) is 0 Å². The predicted molar refractivity (Wildman–Crippen MR) is 76.7 cm³/mol. The van der Waals surface area contributed by atoms with Gasteiger partial charge in [-0.1, -0.05) is 13.8 Å². The molecule has 1 rings (SSSR count). The average molecular weight is 263 g/mol. The number of hydrogen-bond donors (Lipinski definition) is 1. The van der Waals surface area contributed by atoms with Gasteiger partial charge < -0.3 is 10.1 Å². The summed E-state index contributed by atoms with van der Waals surface area (Å²) in [4.78, 5) is 0. The normalized spacial score (nSPS) is 27.9. The molecule has 0 radical (unpaired) electrons. The molecule has 0 aromatic carbocycles. The van der Waals surface area contributed by atoms with Crippen molar-refractivity contribution in [3.05, 3.63) is 0 Å². The van der Waals surface area contributed by atoms with E-state index in [-0.39, 0.29) is 0 Å². The van der Waals surface area contributed by atoms with Crippen LogP contribution in [0.25, 0.3) is 0 Å². The van der Waals surface area contributed by atoms with Gasteiger partial charge in [-0.3, -0.25) is 0 Å². The summed E-state index contributed by atoms with van der Waals surface area (Å²) in [7, 11) is 1.79. The Balaban J connectivity index is 2.39. The summed E-state index contributed by atoms with van der Waals surface area (Å²) in [5.74, 6) is 2.63. The van der Waals surface area contributed by atoms with Gasteiger partial charge in [-0.15, -0.1) is 0 Å². The zero-order valence-electron chi connectivity index (χ0n) is 10.7. The first-order chi connectivity index (χ1) is 7.79. The second kappa shape index (κ2) is 8.67. The van der Waals surface area contributed by atoms with Crippen molar-refractivity contribution >= 4 is 23.5 Å². The minimum atomic E-state index is 0.660. The first-order valence-corrected chi connectivity index (χ1v) is 8.34. The monoisotopic (exact) mass is 263 g/mol. The molecule has 3 atom stereocenters. The van der Waals surface area contributed by atoms with Gasteiger partial charge in [0.1, 0.15) is 0 Å². The van der Waals surface area contributed by atoms with Crippen LogP contribution in [-0.4, -0.2) is 48.3 Å². The lowest BCUT2D eigenvalue weighted by molar-refractivity contribution is 0.188. The van der Waals surface area contributed by atoms with Crippen molar-refractivity contribution < 1.29 is 4.74 Å². The highest BCUT2D eigenvalue weighted by molar-refractivity contribution is 8.07. The summed E-state index contributed by atoms with van der Waals surface area (Å²) in [6.45, 7) is 6.55. The third-order valence-electron chi connectivity index (χ3n) is 2.96. The standard InChI is InChI=1S/C12H25NOS2/c1-4-13-11(6-5-7-14-3)12-10(2)15-8-9-16-12/h10-13H,4-9H2,1-3H3. The van der Waals surface area contributed by atoms with Crippen molar-refractivity contribution in [2.75, 3.05) is 31.8 Å². The van der Waals surface area contributed by atoms with Crippen LogP contribution in [0, 0.1) is 0 Å². The van der Waals surface area contributed by atoms with Gasteiger partial charge in [0.15, 0.2) is 0 Å². The van der Waals surface area contributed by atoms with Crippen LogP contribution in [-0.2, 0) is 4.74 Å². The van der Waals surface area contributed by atoms with Crippen LogP contribution in [0.4, 0.5) is 0 Å². The molecule has 1 fully saturated rings. The molecule has 0 spiro atoms. The van der Waals surface area contributed by atoms with E-state index in [0.29, 0.717) is 6.04 Å². The molecule has 16 heavy (non-hydrogen) atoms. The van der Waals surface area contributed by atoms with E-state index in [4.69, 9.17) is 4.74 Å². The molecule has 1 aliphatic heterocycles. The summed E-state index contributed by atoms with van der Waals surface area (Å²) in [5, 5.41) is 5.21. The first-order valence-electron chi connectivity index (χ1n) is 6.25. The largest absolute Gasteiger partial charge is 0.385 e. The fraction of sp³-hybridized carbons (Fsp3) is 1.00. The van der Waals surface area contributed by atoms with Crippen molar-refractivity contribution in [1.82, 2.24) is 5.32 Å². The van der Waals surface area contributed by atoms with Crippen molar-refractivity contribution in [3.8, 4) is 0 Å². The lowest BCUT2D eigenvalue weighted by Gasteiger charge is -2.35. The zero-order chi connectivity index (χ0) is 11.8. The average Bonchev–Trinajstić information content (AvgIpc) is 2.29. The van der Waals surface area contributed by atoms with Gasteiger partial charge in [0.05, 0.1) is 0 Å². The highest BCUT2D eigenvalue weighted by atomic mass is 32.2. The summed E-state index contributed by atoms with van der Waals surface area (Å²) in [5.41, 5.74) is 0. The minimum Gasteiger partial charge on any atom is -0.385 e. The second-order valence-corrected chi connectivity index (χ2v) is 6.98. The van der Waals surface area contributed by atoms with Gasteiger partial charge in [0, 0.05) is 41.8 Å². The van der Waals surface area contributed by atoms with Crippen LogP contribution in [0.15, 0.2) is 0 Å². The summed E-state index contributed by atoms with van der Waals surface area (Å²) >= 11 is 4.28. The van der Waals surface area contributed by atoms with E-state index in [1.54, 1.807) is 7.11 Å². The highest BCUT2D eigenvalue weighted by Crippen LogP contribution is 2.34. The molecule has 3 unspecified atom stereocenters. The zero-order valence-corrected chi connectivity index (χ0v) is 12.3. The van der Waals surface area contributed by atoms with E-state index in [0.717, 1.165) is 23.7 Å². The Labute approximate surface area is 109 Å². The van der Waals surface area contributed by atoms with Gasteiger partial charge in [-0.05, 0) is 19.4 Å². The molecule has 0 aromatic rings. The van der Waals surface area contributed by atoms with Crippen molar-refractivity contribution in [1.29, 1.82) is 0 Å². The molecule has 2 nitrogen and oxygen atoms in total. The second-order valence-electron chi connectivity index (χ2n) is 4.21. The number of ether oxygens (including phenoxy) is 1. The van der Waals surface area contributed by atoms with Crippen molar-refractivity contribution in [2.45, 2.75) is 43.2 Å². The first kappa shape index (κ1) is 14.7. The van der Waals surface area contributed by atoms with Gasteiger partial charge >= 0.3 is 0 Å². The van der Waals surface area contributed by atoms with Crippen LogP contribution in [0.1, 0.15) is 26.7 Å². The Bertz CT molecular complexity index is 180. The molecule has 1 N–H and O–H groups in total. The minimum absolute atomic E-state index is 0.660. The molecule has 0 saturated carbocycles. The number of nitrogens with one attached hydrogen (secondary N) is 1. The van der Waals surface area contributed by atoms with Gasteiger partial charge in [-0.25, -0.2) is 0 Å². The number of hydrogen-bond acceptors (Lipinski definition) is 4. The molecule has 1 aliphatic rings. The van der Waals surface area contributed by atoms with Crippen LogP contribution in [0.5, 0.6) is 0 Å². The Morgan fingerprint density at radius 1 is 1.38 bits per heavy atom. The van der Waals surface area contributed by atoms with E-state index in [1.165, 1.54) is 24.3 Å². The van der Waals surface area contributed by atoms with Crippen LogP contribution >= 0.6 is 23.5 Å². The molecule has 4 heteroatoms. The maximum absolute atomic E-state index is 5.14. The van der Waals surface area contributed by atoms with Crippen molar-refractivity contribution in [2.24, 2.45) is 0 Å². The smallest absolute Gasteiger partial charge is 0.0462 e. The number of methoxy groups -OCH3 is 1. The summed E-state index contributed by atoms with van der Waals surface area (Å²) < 4.78 is 5.14. The molecular weight excluding hydrogens is 238 g/mol. The van der Waals surface area contributed by atoms with E-state index >= 15 is 0 Å².